The first-order valence-corrected chi connectivity index (χ1v) is 9.32. The molecule has 4 saturated carbocycles. The molecule has 1 heteroatoms. The first kappa shape index (κ1) is 15.6. The first-order chi connectivity index (χ1) is 9.95. The lowest BCUT2D eigenvalue weighted by atomic mass is 9.43. The maximum atomic E-state index is 4.14. The molecule has 4 aliphatic carbocycles. The van der Waals surface area contributed by atoms with E-state index in [9.17, 15) is 0 Å². The van der Waals surface area contributed by atoms with E-state index in [1.807, 2.05) is 0 Å². The summed E-state index contributed by atoms with van der Waals surface area (Å²) in [6.07, 6.45) is 12.9. The molecule has 4 bridgehead atoms. The summed E-state index contributed by atoms with van der Waals surface area (Å²) < 4.78 is 0. The van der Waals surface area contributed by atoms with Crippen molar-refractivity contribution >= 4 is 0 Å². The van der Waals surface area contributed by atoms with Gasteiger partial charge >= 0.3 is 0 Å². The van der Waals surface area contributed by atoms with E-state index in [0.717, 1.165) is 17.9 Å². The van der Waals surface area contributed by atoms with E-state index >= 15 is 0 Å². The molecule has 3 atom stereocenters. The van der Waals surface area contributed by atoms with Gasteiger partial charge in [-0.3, -0.25) is 0 Å². The third kappa shape index (κ3) is 3.09. The van der Waals surface area contributed by atoms with Gasteiger partial charge in [0, 0.05) is 6.04 Å². The normalized spacial score (nSPS) is 42.2. The average molecular weight is 290 g/mol. The van der Waals surface area contributed by atoms with E-state index < -0.39 is 0 Å². The minimum Gasteiger partial charge on any atom is -0.313 e. The van der Waals surface area contributed by atoms with Gasteiger partial charge in [0.05, 0.1) is 0 Å². The highest BCUT2D eigenvalue weighted by molar-refractivity contribution is 5.10. The molecule has 0 radical (unpaired) electrons. The molecule has 21 heavy (non-hydrogen) atoms. The van der Waals surface area contributed by atoms with E-state index in [2.05, 4.69) is 32.7 Å². The molecule has 0 aromatic rings. The van der Waals surface area contributed by atoms with Crippen LogP contribution < -0.4 is 5.32 Å². The predicted molar refractivity (Wildman–Crippen MR) is 91.4 cm³/mol. The fourth-order valence-corrected chi connectivity index (χ4v) is 6.54. The van der Waals surface area contributed by atoms with Gasteiger partial charge in [0.2, 0.25) is 0 Å². The number of hydrogen-bond acceptors (Lipinski definition) is 1. The number of rotatable bonds is 7. The molecule has 120 valence electrons. The van der Waals surface area contributed by atoms with E-state index in [1.54, 1.807) is 6.42 Å². The van der Waals surface area contributed by atoms with E-state index in [-0.39, 0.29) is 0 Å². The van der Waals surface area contributed by atoms with Crippen molar-refractivity contribution in [1.82, 2.24) is 5.32 Å². The van der Waals surface area contributed by atoms with Crippen LogP contribution in [0.2, 0.25) is 0 Å². The Morgan fingerprint density at radius 3 is 2.43 bits per heavy atom. The first-order valence-electron chi connectivity index (χ1n) is 9.32. The third-order valence-corrected chi connectivity index (χ3v) is 6.64. The lowest BCUT2D eigenvalue weighted by Crippen LogP contribution is -2.58. The summed E-state index contributed by atoms with van der Waals surface area (Å²) in [5.74, 6) is 2.07. The number of hydrogen-bond donors (Lipinski definition) is 1. The summed E-state index contributed by atoms with van der Waals surface area (Å²) in [6.45, 7) is 12.4. The van der Waals surface area contributed by atoms with E-state index in [1.165, 1.54) is 63.5 Å². The third-order valence-electron chi connectivity index (χ3n) is 6.64. The van der Waals surface area contributed by atoms with Gasteiger partial charge in [-0.1, -0.05) is 19.4 Å². The van der Waals surface area contributed by atoms with Crippen LogP contribution in [0.4, 0.5) is 0 Å². The molecular formula is C20H35N. The summed E-state index contributed by atoms with van der Waals surface area (Å²) >= 11 is 0. The Morgan fingerprint density at radius 2 is 1.90 bits per heavy atom. The number of allylic oxidation sites excluding steroid dienone is 1. The standard InChI is InChI=1S/C20H35N/c1-5-8-21-18(7-6-15(2)3)20-12-16-9-17(13-20)11-19(4,10-16)14-20/h16-18,21H,2,5-14H2,1,3-4H3. The van der Waals surface area contributed by atoms with Crippen molar-refractivity contribution in [2.24, 2.45) is 22.7 Å². The van der Waals surface area contributed by atoms with Crippen LogP contribution >= 0.6 is 0 Å². The SMILES string of the molecule is C=C(C)CCC(NCCC)C12CC3CC(CC(C)(C3)C1)C2. The maximum absolute atomic E-state index is 4.14. The summed E-state index contributed by atoms with van der Waals surface area (Å²) in [6, 6.07) is 0.736. The van der Waals surface area contributed by atoms with Gasteiger partial charge in [0.15, 0.2) is 0 Å². The topological polar surface area (TPSA) is 12.0 Å². The molecule has 0 saturated heterocycles. The van der Waals surface area contributed by atoms with Crippen molar-refractivity contribution in [1.29, 1.82) is 0 Å². The highest BCUT2D eigenvalue weighted by atomic mass is 14.9. The van der Waals surface area contributed by atoms with Gasteiger partial charge in [-0.05, 0) is 93.9 Å². The zero-order valence-electron chi connectivity index (χ0n) is 14.5. The number of nitrogens with one attached hydrogen (secondary N) is 1. The summed E-state index contributed by atoms with van der Waals surface area (Å²) in [5, 5.41) is 3.96. The van der Waals surface area contributed by atoms with Gasteiger partial charge in [-0.25, -0.2) is 0 Å². The van der Waals surface area contributed by atoms with Crippen molar-refractivity contribution < 1.29 is 0 Å². The Balaban J connectivity index is 1.78. The van der Waals surface area contributed by atoms with Gasteiger partial charge in [0.25, 0.3) is 0 Å². The smallest absolute Gasteiger partial charge is 0.0127 e. The molecule has 0 heterocycles. The van der Waals surface area contributed by atoms with E-state index in [4.69, 9.17) is 0 Å². The van der Waals surface area contributed by atoms with Crippen molar-refractivity contribution in [2.75, 3.05) is 6.54 Å². The quantitative estimate of drug-likeness (QED) is 0.626. The zero-order valence-corrected chi connectivity index (χ0v) is 14.5. The van der Waals surface area contributed by atoms with Crippen molar-refractivity contribution in [2.45, 2.75) is 84.6 Å². The minimum atomic E-state index is 0.615. The highest BCUT2D eigenvalue weighted by Crippen LogP contribution is 2.66. The molecular weight excluding hydrogens is 254 g/mol. The van der Waals surface area contributed by atoms with Gasteiger partial charge < -0.3 is 5.32 Å². The Labute approximate surface area is 132 Å². The molecule has 0 aliphatic heterocycles. The van der Waals surface area contributed by atoms with Gasteiger partial charge in [-0.2, -0.15) is 0 Å². The molecule has 3 unspecified atom stereocenters. The molecule has 0 aromatic carbocycles. The van der Waals surface area contributed by atoms with Crippen LogP contribution in [0.5, 0.6) is 0 Å². The van der Waals surface area contributed by atoms with Crippen LogP contribution in [0.3, 0.4) is 0 Å². The van der Waals surface area contributed by atoms with Gasteiger partial charge in [-0.15, -0.1) is 6.58 Å². The largest absolute Gasteiger partial charge is 0.313 e. The lowest BCUT2D eigenvalue weighted by Gasteiger charge is -2.63. The zero-order chi connectivity index (χ0) is 15.1. The monoisotopic (exact) mass is 289 g/mol. The molecule has 1 N–H and O–H groups in total. The molecule has 0 spiro atoms. The predicted octanol–water partition coefficient (Wildman–Crippen LogP) is 5.32. The summed E-state index contributed by atoms with van der Waals surface area (Å²) in [5.41, 5.74) is 2.64. The van der Waals surface area contributed by atoms with E-state index in [0.29, 0.717) is 10.8 Å². The average Bonchev–Trinajstić information content (AvgIpc) is 2.35. The lowest BCUT2D eigenvalue weighted by molar-refractivity contribution is -0.119. The molecule has 4 aliphatic rings. The Hall–Kier alpha value is -0.300. The fraction of sp³-hybridized carbons (Fsp3) is 0.900. The fourth-order valence-electron chi connectivity index (χ4n) is 6.54. The molecule has 4 rings (SSSR count). The minimum absolute atomic E-state index is 0.615. The van der Waals surface area contributed by atoms with Crippen molar-refractivity contribution in [3.8, 4) is 0 Å². The van der Waals surface area contributed by atoms with Crippen LogP contribution in [-0.2, 0) is 0 Å². The summed E-state index contributed by atoms with van der Waals surface area (Å²) in [4.78, 5) is 0. The van der Waals surface area contributed by atoms with Crippen molar-refractivity contribution in [3.63, 3.8) is 0 Å². The molecule has 0 aromatic heterocycles. The Morgan fingerprint density at radius 1 is 1.24 bits per heavy atom. The van der Waals surface area contributed by atoms with Crippen LogP contribution in [0, 0.1) is 22.7 Å². The summed E-state index contributed by atoms with van der Waals surface area (Å²) in [7, 11) is 0. The van der Waals surface area contributed by atoms with Crippen LogP contribution in [0.25, 0.3) is 0 Å². The molecule has 1 nitrogen and oxygen atoms in total. The van der Waals surface area contributed by atoms with Crippen LogP contribution in [-0.4, -0.2) is 12.6 Å². The second kappa shape index (κ2) is 5.72. The van der Waals surface area contributed by atoms with Crippen LogP contribution in [0.1, 0.15) is 78.6 Å². The van der Waals surface area contributed by atoms with Gasteiger partial charge in [0.1, 0.15) is 0 Å². The Kier molecular flexibility index (Phi) is 4.25. The second-order valence-electron chi connectivity index (χ2n) is 9.14. The second-order valence-corrected chi connectivity index (χ2v) is 9.14. The maximum Gasteiger partial charge on any atom is 0.0127 e. The van der Waals surface area contributed by atoms with Crippen molar-refractivity contribution in [3.05, 3.63) is 12.2 Å². The Bertz CT molecular complexity index is 383. The molecule has 0 amide bonds. The highest BCUT2D eigenvalue weighted by Gasteiger charge is 2.57. The van der Waals surface area contributed by atoms with Crippen LogP contribution in [0.15, 0.2) is 12.2 Å². The molecule has 4 fully saturated rings.